The molecule has 1 aromatic heterocycles. The van der Waals surface area contributed by atoms with E-state index in [-0.39, 0.29) is 31.2 Å². The van der Waals surface area contributed by atoms with E-state index in [9.17, 15) is 20.1 Å². The Bertz CT molecular complexity index is 748. The van der Waals surface area contributed by atoms with Crippen molar-refractivity contribution in [3.05, 3.63) is 24.2 Å². The zero-order valence-corrected chi connectivity index (χ0v) is 15.3. The van der Waals surface area contributed by atoms with E-state index in [0.29, 0.717) is 25.7 Å². The summed E-state index contributed by atoms with van der Waals surface area (Å²) in [6.45, 7) is 1.79. The third kappa shape index (κ3) is 1.93. The molecule has 1 spiro atoms. The molecular weight excluding hydrogens is 352 g/mol. The molecule has 2 aliphatic carbocycles. The summed E-state index contributed by atoms with van der Waals surface area (Å²) in [5.41, 5.74) is -2.47. The van der Waals surface area contributed by atoms with Gasteiger partial charge in [-0.2, -0.15) is 0 Å². The maximum atomic E-state index is 13.3. The van der Waals surface area contributed by atoms with Gasteiger partial charge in [0.05, 0.1) is 54.4 Å². The lowest BCUT2D eigenvalue weighted by molar-refractivity contribution is -0.243. The smallest absolute Gasteiger partial charge is 0.313 e. The van der Waals surface area contributed by atoms with Gasteiger partial charge in [0.15, 0.2) is 0 Å². The Hall–Kier alpha value is -1.41. The van der Waals surface area contributed by atoms with Crippen molar-refractivity contribution in [2.75, 3.05) is 13.2 Å². The minimum Gasteiger partial charge on any atom is -0.472 e. The Kier molecular flexibility index (Phi) is 3.64. The number of cyclic esters (lactones) is 1. The molecule has 2 saturated carbocycles. The predicted octanol–water partition coefficient (Wildman–Crippen LogP) is 1.17. The van der Waals surface area contributed by atoms with Crippen LogP contribution in [0.2, 0.25) is 0 Å². The van der Waals surface area contributed by atoms with Crippen molar-refractivity contribution in [2.45, 2.75) is 56.5 Å². The van der Waals surface area contributed by atoms with Gasteiger partial charge in [0.2, 0.25) is 0 Å². The summed E-state index contributed by atoms with van der Waals surface area (Å²) in [6, 6.07) is 1.78. The number of hydrogen-bond donors (Lipinski definition) is 3. The summed E-state index contributed by atoms with van der Waals surface area (Å²) < 4.78 is 16.9. The van der Waals surface area contributed by atoms with Gasteiger partial charge in [0, 0.05) is 17.9 Å². The summed E-state index contributed by atoms with van der Waals surface area (Å²) in [7, 11) is 0. The lowest BCUT2D eigenvalue weighted by Gasteiger charge is -2.62. The number of carbonyl (C=O) groups excluding carboxylic acids is 1. The largest absolute Gasteiger partial charge is 0.472 e. The van der Waals surface area contributed by atoms with E-state index >= 15 is 0 Å². The average Bonchev–Trinajstić information content (AvgIpc) is 3.34. The van der Waals surface area contributed by atoms with E-state index in [4.69, 9.17) is 13.9 Å². The molecule has 5 rings (SSSR count). The zero-order valence-electron chi connectivity index (χ0n) is 15.3. The third-order valence-electron chi connectivity index (χ3n) is 8.09. The van der Waals surface area contributed by atoms with Crippen LogP contribution in [0.25, 0.3) is 0 Å². The molecule has 1 aromatic rings. The summed E-state index contributed by atoms with van der Waals surface area (Å²) >= 11 is 0. The molecule has 7 nitrogen and oxygen atoms in total. The lowest BCUT2D eigenvalue weighted by atomic mass is 9.42. The number of aliphatic hydroxyl groups is 3. The van der Waals surface area contributed by atoms with Crippen LogP contribution in [0.15, 0.2) is 23.0 Å². The van der Waals surface area contributed by atoms with Gasteiger partial charge in [0.1, 0.15) is 6.10 Å². The van der Waals surface area contributed by atoms with E-state index in [1.54, 1.807) is 18.6 Å². The second-order valence-corrected chi connectivity index (χ2v) is 8.95. The molecule has 0 unspecified atom stereocenters. The van der Waals surface area contributed by atoms with Crippen molar-refractivity contribution >= 4 is 5.97 Å². The highest BCUT2D eigenvalue weighted by Gasteiger charge is 2.77. The summed E-state index contributed by atoms with van der Waals surface area (Å²) in [4.78, 5) is 13.3. The molecule has 27 heavy (non-hydrogen) atoms. The van der Waals surface area contributed by atoms with Gasteiger partial charge in [-0.3, -0.25) is 4.79 Å². The van der Waals surface area contributed by atoms with Crippen LogP contribution in [0, 0.1) is 22.7 Å². The Morgan fingerprint density at radius 1 is 1.37 bits per heavy atom. The molecule has 8 atom stereocenters. The van der Waals surface area contributed by atoms with Crippen molar-refractivity contribution in [2.24, 2.45) is 22.7 Å². The molecule has 7 heteroatoms. The number of fused-ring (bicyclic) bond motifs is 1. The number of aliphatic hydroxyl groups excluding tert-OH is 2. The standard InChI is InChI=1S/C20H26O7/c1-11-6-15-20(9-21)16(13(22)2-4-18(20,24)10-26-15)19(11)7-14(27-17(19)23)12-3-5-25-8-12/h3,5,8,11,13-16,21-22,24H,2,4,6-7,9-10H2,1H3/t11-,13-,14-,15+,16-,18+,19+,20+/m1/s1. The maximum absolute atomic E-state index is 13.3. The average molecular weight is 378 g/mol. The van der Waals surface area contributed by atoms with Gasteiger partial charge >= 0.3 is 5.97 Å². The second-order valence-electron chi connectivity index (χ2n) is 8.95. The van der Waals surface area contributed by atoms with E-state index < -0.39 is 34.6 Å². The Morgan fingerprint density at radius 2 is 2.19 bits per heavy atom. The number of hydrogen-bond acceptors (Lipinski definition) is 7. The van der Waals surface area contributed by atoms with Crippen LogP contribution in [-0.2, 0) is 14.3 Å². The van der Waals surface area contributed by atoms with Crippen LogP contribution in [-0.4, -0.2) is 52.3 Å². The number of ether oxygens (including phenoxy) is 2. The number of furan rings is 1. The SMILES string of the molecule is C[C@@H]1C[C@@H]2OC[C@@]3(O)CC[C@@H](O)[C@H]([C@]14C[C@H](c1ccoc1)OC4=O)[C@]23CO. The monoisotopic (exact) mass is 378 g/mol. The predicted molar refractivity (Wildman–Crippen MR) is 91.3 cm³/mol. The van der Waals surface area contributed by atoms with E-state index in [0.717, 1.165) is 5.56 Å². The quantitative estimate of drug-likeness (QED) is 0.663. The van der Waals surface area contributed by atoms with Crippen molar-refractivity contribution in [1.82, 2.24) is 0 Å². The minimum absolute atomic E-state index is 0.105. The van der Waals surface area contributed by atoms with Crippen LogP contribution in [0.3, 0.4) is 0 Å². The van der Waals surface area contributed by atoms with Gasteiger partial charge in [-0.15, -0.1) is 0 Å². The number of carbonyl (C=O) groups is 1. The first-order valence-electron chi connectivity index (χ1n) is 9.75. The highest BCUT2D eigenvalue weighted by Crippen LogP contribution is 2.69. The summed E-state index contributed by atoms with van der Waals surface area (Å²) in [6.07, 6.45) is 3.15. The fraction of sp³-hybridized carbons (Fsp3) is 0.750. The van der Waals surface area contributed by atoms with Gasteiger partial charge in [-0.05, 0) is 31.2 Å². The first-order chi connectivity index (χ1) is 12.9. The molecule has 0 bridgehead atoms. The van der Waals surface area contributed by atoms with Crippen molar-refractivity contribution in [3.63, 3.8) is 0 Å². The fourth-order valence-corrected chi connectivity index (χ4v) is 6.75. The summed E-state index contributed by atoms with van der Waals surface area (Å²) in [5, 5.41) is 32.9. The van der Waals surface area contributed by atoms with Gasteiger partial charge in [-0.1, -0.05) is 6.92 Å². The number of rotatable bonds is 2. The molecule has 3 N–H and O–H groups in total. The molecule has 148 valence electrons. The normalized spacial score (nSPS) is 51.4. The highest BCUT2D eigenvalue weighted by molar-refractivity contribution is 5.81. The lowest BCUT2D eigenvalue weighted by Crippen LogP contribution is -2.71. The first kappa shape index (κ1) is 17.7. The van der Waals surface area contributed by atoms with Crippen LogP contribution < -0.4 is 0 Å². The Balaban J connectivity index is 1.65. The highest BCUT2D eigenvalue weighted by atomic mass is 16.6. The second kappa shape index (κ2) is 5.56. The topological polar surface area (TPSA) is 109 Å². The van der Waals surface area contributed by atoms with Gasteiger partial charge in [-0.25, -0.2) is 0 Å². The molecule has 0 radical (unpaired) electrons. The fourth-order valence-electron chi connectivity index (χ4n) is 6.75. The minimum atomic E-state index is -1.24. The third-order valence-corrected chi connectivity index (χ3v) is 8.09. The Morgan fingerprint density at radius 3 is 2.89 bits per heavy atom. The van der Waals surface area contributed by atoms with E-state index in [1.165, 1.54) is 0 Å². The molecule has 0 aromatic carbocycles. The molecule has 2 aliphatic heterocycles. The van der Waals surface area contributed by atoms with Crippen molar-refractivity contribution in [3.8, 4) is 0 Å². The first-order valence-corrected chi connectivity index (χ1v) is 9.75. The van der Waals surface area contributed by atoms with E-state index in [1.807, 2.05) is 6.92 Å². The molecule has 4 aliphatic rings. The van der Waals surface area contributed by atoms with Gasteiger partial charge < -0.3 is 29.2 Å². The van der Waals surface area contributed by atoms with Crippen LogP contribution >= 0.6 is 0 Å². The molecule has 0 amide bonds. The molecule has 2 saturated heterocycles. The van der Waals surface area contributed by atoms with Crippen LogP contribution in [0.1, 0.15) is 44.3 Å². The molecule has 3 heterocycles. The molecule has 4 fully saturated rings. The van der Waals surface area contributed by atoms with Crippen LogP contribution in [0.4, 0.5) is 0 Å². The van der Waals surface area contributed by atoms with Crippen molar-refractivity contribution < 1.29 is 34.0 Å². The Labute approximate surface area is 157 Å². The summed E-state index contributed by atoms with van der Waals surface area (Å²) in [5.74, 6) is -1.08. The van der Waals surface area contributed by atoms with E-state index in [2.05, 4.69) is 0 Å². The number of esters is 1. The molecular formula is C20H26O7. The van der Waals surface area contributed by atoms with Gasteiger partial charge in [0.25, 0.3) is 0 Å². The van der Waals surface area contributed by atoms with Crippen LogP contribution in [0.5, 0.6) is 0 Å². The maximum Gasteiger partial charge on any atom is 0.313 e. The van der Waals surface area contributed by atoms with Crippen molar-refractivity contribution in [1.29, 1.82) is 0 Å². The zero-order chi connectivity index (χ0) is 19.0.